The largest absolute Gasteiger partial charge is 0.451 e. The minimum absolute atomic E-state index is 0.0961. The number of carbonyl (C=O) groups excluding carboxylic acids is 3. The second-order valence-corrected chi connectivity index (χ2v) is 7.07. The molecule has 1 aromatic heterocycles. The number of hydrogen-bond acceptors (Lipinski definition) is 6. The van der Waals surface area contributed by atoms with Crippen molar-refractivity contribution in [2.45, 2.75) is 20.8 Å². The molecule has 0 unspecified atom stereocenters. The van der Waals surface area contributed by atoms with Gasteiger partial charge in [0.2, 0.25) is 0 Å². The summed E-state index contributed by atoms with van der Waals surface area (Å²) in [7, 11) is 0. The third-order valence-corrected chi connectivity index (χ3v) is 4.58. The molecular weight excluding hydrogens is 454 g/mol. The molecule has 2 amide bonds. The van der Waals surface area contributed by atoms with E-state index in [-0.39, 0.29) is 12.2 Å². The number of ether oxygens (including phenoxy) is 2. The van der Waals surface area contributed by atoms with Crippen molar-refractivity contribution >= 4 is 40.0 Å². The van der Waals surface area contributed by atoms with Crippen molar-refractivity contribution in [3.05, 3.63) is 57.3 Å². The molecule has 0 saturated heterocycles. The lowest BCUT2D eigenvalue weighted by Crippen LogP contribution is -2.34. The van der Waals surface area contributed by atoms with Crippen molar-refractivity contribution in [2.24, 2.45) is 0 Å². The molecule has 0 radical (unpaired) electrons. The molecule has 0 saturated carbocycles. The number of rotatable bonds is 6. The van der Waals surface area contributed by atoms with Crippen molar-refractivity contribution < 1.29 is 23.9 Å². The predicted octanol–water partition coefficient (Wildman–Crippen LogP) is 3.58. The molecule has 8 nitrogen and oxygen atoms in total. The number of alkyl carbamates (subject to hydrolysis) is 1. The summed E-state index contributed by atoms with van der Waals surface area (Å²) < 4.78 is 12.3. The van der Waals surface area contributed by atoms with Gasteiger partial charge in [-0.2, -0.15) is 5.26 Å². The van der Waals surface area contributed by atoms with Crippen LogP contribution in [0, 0.1) is 25.2 Å². The molecule has 30 heavy (non-hydrogen) atoms. The quantitative estimate of drug-likeness (QED) is 0.389. The number of hydrogen-bond donors (Lipinski definition) is 1. The number of aromatic nitrogens is 1. The van der Waals surface area contributed by atoms with Gasteiger partial charge in [0.1, 0.15) is 11.6 Å². The molecule has 0 spiro atoms. The number of aryl methyl sites for hydroxylation is 1. The van der Waals surface area contributed by atoms with Crippen LogP contribution in [0.3, 0.4) is 0 Å². The third-order valence-electron chi connectivity index (χ3n) is 4.05. The lowest BCUT2D eigenvalue weighted by molar-refractivity contribution is -0.144. The molecule has 1 N–H and O–H groups in total. The van der Waals surface area contributed by atoms with Gasteiger partial charge in [-0.3, -0.25) is 10.1 Å². The van der Waals surface area contributed by atoms with Crippen LogP contribution in [0.4, 0.5) is 4.79 Å². The van der Waals surface area contributed by atoms with Gasteiger partial charge in [0.25, 0.3) is 5.91 Å². The van der Waals surface area contributed by atoms with Crippen LogP contribution in [0.2, 0.25) is 0 Å². The first-order valence-electron chi connectivity index (χ1n) is 8.97. The monoisotopic (exact) mass is 473 g/mol. The maximum atomic E-state index is 12.2. The van der Waals surface area contributed by atoms with Crippen molar-refractivity contribution in [1.29, 1.82) is 5.26 Å². The molecule has 0 atom stereocenters. The highest BCUT2D eigenvalue weighted by atomic mass is 79.9. The first kappa shape index (κ1) is 22.9. The van der Waals surface area contributed by atoms with E-state index < -0.39 is 24.6 Å². The molecule has 156 valence electrons. The summed E-state index contributed by atoms with van der Waals surface area (Å²) in [5, 5.41) is 11.2. The number of imide groups is 1. The standard InChI is InChI=1S/C21H20BrN3O5/c1-4-29-21(28)24-19(26)12-30-20(27)16(11-23)10-15-9-13(2)25(14(15)3)18-7-5-17(22)6-8-18/h5-10H,4,12H2,1-3H3,(H,24,26,28)/b16-10+. The van der Waals surface area contributed by atoms with Gasteiger partial charge in [-0.1, -0.05) is 15.9 Å². The minimum Gasteiger partial charge on any atom is -0.451 e. The summed E-state index contributed by atoms with van der Waals surface area (Å²) in [5.74, 6) is -1.82. The van der Waals surface area contributed by atoms with Gasteiger partial charge in [0.05, 0.1) is 6.61 Å². The smallest absolute Gasteiger partial charge is 0.413 e. The summed E-state index contributed by atoms with van der Waals surface area (Å²) in [4.78, 5) is 34.9. The van der Waals surface area contributed by atoms with Crippen LogP contribution in [-0.2, 0) is 19.1 Å². The van der Waals surface area contributed by atoms with E-state index in [4.69, 9.17) is 4.74 Å². The highest BCUT2D eigenvalue weighted by Crippen LogP contribution is 2.24. The normalized spacial score (nSPS) is 10.8. The number of nitriles is 1. The molecule has 0 fully saturated rings. The highest BCUT2D eigenvalue weighted by molar-refractivity contribution is 9.10. The number of benzene rings is 1. The lowest BCUT2D eigenvalue weighted by Gasteiger charge is -2.09. The van der Waals surface area contributed by atoms with Gasteiger partial charge < -0.3 is 14.0 Å². The topological polar surface area (TPSA) is 110 Å². The van der Waals surface area contributed by atoms with E-state index in [2.05, 4.69) is 20.7 Å². The summed E-state index contributed by atoms with van der Waals surface area (Å²) in [5.41, 5.74) is 3.08. The molecule has 0 bridgehead atoms. The van der Waals surface area contributed by atoms with Crippen LogP contribution in [0.5, 0.6) is 0 Å². The number of carbonyl (C=O) groups is 3. The zero-order chi connectivity index (χ0) is 22.3. The molecule has 0 aliphatic rings. The Hall–Kier alpha value is -3.38. The average Bonchev–Trinajstić information content (AvgIpc) is 2.98. The number of amides is 2. The van der Waals surface area contributed by atoms with Gasteiger partial charge in [-0.25, -0.2) is 9.59 Å². The van der Waals surface area contributed by atoms with Gasteiger partial charge >= 0.3 is 12.1 Å². The maximum absolute atomic E-state index is 12.2. The minimum atomic E-state index is -0.968. The van der Waals surface area contributed by atoms with Crippen LogP contribution in [0.1, 0.15) is 23.9 Å². The van der Waals surface area contributed by atoms with Crippen molar-refractivity contribution in [2.75, 3.05) is 13.2 Å². The Morgan fingerprint density at radius 3 is 2.47 bits per heavy atom. The SMILES string of the molecule is CCOC(=O)NC(=O)COC(=O)/C(C#N)=C/c1cc(C)n(-c2ccc(Br)cc2)c1C. The van der Waals surface area contributed by atoms with E-state index in [1.54, 1.807) is 13.0 Å². The maximum Gasteiger partial charge on any atom is 0.413 e. The number of nitrogens with one attached hydrogen (secondary N) is 1. The number of nitrogens with zero attached hydrogens (tertiary/aromatic N) is 2. The Morgan fingerprint density at radius 1 is 1.20 bits per heavy atom. The molecule has 2 rings (SSSR count). The van der Waals surface area contributed by atoms with Crippen LogP contribution in [-0.4, -0.2) is 35.8 Å². The Bertz CT molecular complexity index is 1030. The van der Waals surface area contributed by atoms with Crippen LogP contribution in [0.15, 0.2) is 40.4 Å². The fraction of sp³-hybridized carbons (Fsp3) is 0.238. The molecule has 0 aliphatic carbocycles. The molecule has 1 heterocycles. The van der Waals surface area contributed by atoms with Gasteiger partial charge in [0.15, 0.2) is 6.61 Å². The number of esters is 1. The Balaban J connectivity index is 2.16. The zero-order valence-electron chi connectivity index (χ0n) is 16.7. The predicted molar refractivity (Wildman–Crippen MR) is 113 cm³/mol. The van der Waals surface area contributed by atoms with Crippen molar-refractivity contribution in [3.8, 4) is 11.8 Å². The number of halogens is 1. The zero-order valence-corrected chi connectivity index (χ0v) is 18.3. The molecule has 9 heteroatoms. The Labute approximate surface area is 182 Å². The Kier molecular flexibility index (Phi) is 7.95. The molecule has 0 aliphatic heterocycles. The summed E-state index contributed by atoms with van der Waals surface area (Å²) in [6.45, 7) is 4.75. The van der Waals surface area contributed by atoms with Gasteiger partial charge in [-0.05, 0) is 62.7 Å². The molecule has 1 aromatic carbocycles. The van der Waals surface area contributed by atoms with Crippen LogP contribution < -0.4 is 5.32 Å². The summed E-state index contributed by atoms with van der Waals surface area (Å²) >= 11 is 3.40. The fourth-order valence-corrected chi connectivity index (χ4v) is 3.00. The second-order valence-electron chi connectivity index (χ2n) is 6.15. The van der Waals surface area contributed by atoms with E-state index in [0.29, 0.717) is 5.56 Å². The van der Waals surface area contributed by atoms with E-state index in [0.717, 1.165) is 21.5 Å². The summed E-state index contributed by atoms with van der Waals surface area (Å²) in [6, 6.07) is 11.4. The third kappa shape index (κ3) is 5.81. The van der Waals surface area contributed by atoms with Crippen molar-refractivity contribution in [3.63, 3.8) is 0 Å². The summed E-state index contributed by atoms with van der Waals surface area (Å²) in [6.07, 6.45) is 0.471. The van der Waals surface area contributed by atoms with E-state index in [9.17, 15) is 19.6 Å². The second kappa shape index (κ2) is 10.4. The fourth-order valence-electron chi connectivity index (χ4n) is 2.74. The average molecular weight is 474 g/mol. The van der Waals surface area contributed by atoms with Crippen LogP contribution >= 0.6 is 15.9 Å². The first-order valence-corrected chi connectivity index (χ1v) is 9.76. The molecule has 2 aromatic rings. The highest BCUT2D eigenvalue weighted by Gasteiger charge is 2.17. The van der Waals surface area contributed by atoms with E-state index in [1.165, 1.54) is 6.08 Å². The molecular formula is C21H20BrN3O5. The van der Waals surface area contributed by atoms with Crippen molar-refractivity contribution in [1.82, 2.24) is 9.88 Å². The van der Waals surface area contributed by atoms with Gasteiger partial charge in [-0.15, -0.1) is 0 Å². The Morgan fingerprint density at radius 2 is 1.87 bits per heavy atom. The first-order chi connectivity index (χ1) is 14.3. The lowest BCUT2D eigenvalue weighted by atomic mass is 10.1. The van der Waals surface area contributed by atoms with E-state index >= 15 is 0 Å². The van der Waals surface area contributed by atoms with Gasteiger partial charge in [0, 0.05) is 21.5 Å². The van der Waals surface area contributed by atoms with Crippen LogP contribution in [0.25, 0.3) is 11.8 Å². The van der Waals surface area contributed by atoms with E-state index in [1.807, 2.05) is 54.1 Å².